The number of H-pyrrole nitrogens is 1. The molecule has 1 fully saturated rings. The molecule has 2 atom stereocenters. The first-order valence-corrected chi connectivity index (χ1v) is 7.07. The Morgan fingerprint density at radius 3 is 3.06 bits per heavy atom. The summed E-state index contributed by atoms with van der Waals surface area (Å²) in [5.74, 6) is -0.737. The van der Waals surface area contributed by atoms with Gasteiger partial charge < -0.3 is 10.1 Å². The van der Waals surface area contributed by atoms with Crippen LogP contribution >= 0.6 is 11.8 Å². The quantitative estimate of drug-likeness (QED) is 0.760. The maximum absolute atomic E-state index is 11.5. The summed E-state index contributed by atoms with van der Waals surface area (Å²) in [5, 5.41) is 13.9. The van der Waals surface area contributed by atoms with E-state index >= 15 is 0 Å². The fourth-order valence-corrected chi connectivity index (χ4v) is 3.69. The van der Waals surface area contributed by atoms with E-state index < -0.39 is 11.5 Å². The van der Waals surface area contributed by atoms with Crippen molar-refractivity contribution in [2.45, 2.75) is 55.1 Å². The first-order chi connectivity index (χ1) is 8.52. The van der Waals surface area contributed by atoms with E-state index in [1.165, 1.54) is 0 Å². The van der Waals surface area contributed by atoms with E-state index in [4.69, 9.17) is 0 Å². The van der Waals surface area contributed by atoms with Crippen LogP contribution in [0.1, 0.15) is 33.1 Å². The molecule has 3 N–H and O–H groups in total. The van der Waals surface area contributed by atoms with Gasteiger partial charge in [0.2, 0.25) is 0 Å². The van der Waals surface area contributed by atoms with Crippen molar-refractivity contribution in [1.29, 1.82) is 0 Å². The summed E-state index contributed by atoms with van der Waals surface area (Å²) in [7, 11) is 0. The van der Waals surface area contributed by atoms with E-state index in [9.17, 15) is 9.90 Å². The highest BCUT2D eigenvalue weighted by Gasteiger charge is 2.46. The number of carbonyl (C=O) groups is 1. The van der Waals surface area contributed by atoms with Gasteiger partial charge in [0.15, 0.2) is 5.16 Å². The zero-order chi connectivity index (χ0) is 13.2. The van der Waals surface area contributed by atoms with Gasteiger partial charge in [0.1, 0.15) is 5.54 Å². The normalized spacial score (nSPS) is 27.8. The predicted molar refractivity (Wildman–Crippen MR) is 70.7 cm³/mol. The highest BCUT2D eigenvalue weighted by Crippen LogP contribution is 2.39. The van der Waals surface area contributed by atoms with Gasteiger partial charge in [0.05, 0.1) is 0 Å². The molecule has 5 nitrogen and oxygen atoms in total. The van der Waals surface area contributed by atoms with Gasteiger partial charge in [-0.1, -0.05) is 11.8 Å². The van der Waals surface area contributed by atoms with E-state index in [1.54, 1.807) is 24.2 Å². The number of aromatic amines is 1. The molecule has 1 aromatic heterocycles. The Morgan fingerprint density at radius 1 is 1.72 bits per heavy atom. The lowest BCUT2D eigenvalue weighted by Gasteiger charge is -2.28. The number of aliphatic carboxylic acids is 1. The Labute approximate surface area is 111 Å². The van der Waals surface area contributed by atoms with Crippen LogP contribution in [0.2, 0.25) is 0 Å². The second-order valence-electron chi connectivity index (χ2n) is 5.06. The van der Waals surface area contributed by atoms with Gasteiger partial charge in [-0.2, -0.15) is 0 Å². The monoisotopic (exact) mass is 269 g/mol. The first-order valence-electron chi connectivity index (χ1n) is 6.19. The van der Waals surface area contributed by atoms with Crippen molar-refractivity contribution in [2.75, 3.05) is 0 Å². The molecule has 0 amide bonds. The number of thioether (sulfide) groups is 1. The topological polar surface area (TPSA) is 78.0 Å². The highest BCUT2D eigenvalue weighted by atomic mass is 32.2. The number of aromatic nitrogens is 2. The standard InChI is InChI=1S/C12H19N3O2S/c1-8(2)15-12(10(16)17)4-3-9(7-12)18-11-13-5-6-14-11/h5-6,8-9,15H,3-4,7H2,1-2H3,(H,13,14)(H,16,17). The van der Waals surface area contributed by atoms with Crippen LogP contribution in [0.5, 0.6) is 0 Å². The summed E-state index contributed by atoms with van der Waals surface area (Å²) >= 11 is 1.63. The summed E-state index contributed by atoms with van der Waals surface area (Å²) in [6.45, 7) is 3.97. The van der Waals surface area contributed by atoms with Crippen LogP contribution in [-0.4, -0.2) is 37.9 Å². The number of nitrogens with zero attached hydrogens (tertiary/aromatic N) is 1. The maximum Gasteiger partial charge on any atom is 0.323 e. The van der Waals surface area contributed by atoms with Gasteiger partial charge in [-0.25, -0.2) is 4.98 Å². The zero-order valence-corrected chi connectivity index (χ0v) is 11.5. The third-order valence-electron chi connectivity index (χ3n) is 3.20. The summed E-state index contributed by atoms with van der Waals surface area (Å²) in [4.78, 5) is 18.7. The Balaban J connectivity index is 2.01. The SMILES string of the molecule is CC(C)NC1(C(=O)O)CCC(Sc2ncc[nH]2)C1. The summed E-state index contributed by atoms with van der Waals surface area (Å²) in [6.07, 6.45) is 5.73. The molecule has 1 aliphatic carbocycles. The minimum Gasteiger partial charge on any atom is -0.480 e. The number of hydrogen-bond donors (Lipinski definition) is 3. The van der Waals surface area contributed by atoms with Crippen molar-refractivity contribution in [3.63, 3.8) is 0 Å². The Hall–Kier alpha value is -1.01. The molecule has 2 unspecified atom stereocenters. The summed E-state index contributed by atoms with van der Waals surface area (Å²) in [6, 6.07) is 0.175. The number of imidazole rings is 1. The lowest BCUT2D eigenvalue weighted by molar-refractivity contribution is -0.145. The van der Waals surface area contributed by atoms with E-state index in [-0.39, 0.29) is 6.04 Å². The van der Waals surface area contributed by atoms with Crippen LogP contribution in [0.25, 0.3) is 0 Å². The fourth-order valence-electron chi connectivity index (χ4n) is 2.51. The van der Waals surface area contributed by atoms with Crippen LogP contribution in [0.3, 0.4) is 0 Å². The van der Waals surface area contributed by atoms with Crippen molar-refractivity contribution in [3.8, 4) is 0 Å². The zero-order valence-electron chi connectivity index (χ0n) is 10.6. The van der Waals surface area contributed by atoms with Crippen molar-refractivity contribution >= 4 is 17.7 Å². The van der Waals surface area contributed by atoms with Gasteiger partial charge in [-0.15, -0.1) is 0 Å². The molecule has 100 valence electrons. The summed E-state index contributed by atoms with van der Waals surface area (Å²) in [5.41, 5.74) is -0.765. The van der Waals surface area contributed by atoms with E-state index in [0.717, 1.165) is 11.6 Å². The number of carboxylic acids is 1. The molecule has 1 aromatic rings. The minimum atomic E-state index is -0.765. The van der Waals surface area contributed by atoms with Gasteiger partial charge in [-0.05, 0) is 33.1 Å². The lowest BCUT2D eigenvalue weighted by atomic mass is 9.97. The molecule has 1 heterocycles. The molecule has 0 aromatic carbocycles. The van der Waals surface area contributed by atoms with Crippen molar-refractivity contribution in [3.05, 3.63) is 12.4 Å². The number of nitrogens with one attached hydrogen (secondary N) is 2. The Kier molecular flexibility index (Phi) is 3.97. The molecule has 0 radical (unpaired) electrons. The highest BCUT2D eigenvalue weighted by molar-refractivity contribution is 7.99. The van der Waals surface area contributed by atoms with Gasteiger partial charge >= 0.3 is 5.97 Å². The molecule has 1 saturated carbocycles. The molecule has 6 heteroatoms. The predicted octanol–water partition coefficient (Wildman–Crippen LogP) is 1.88. The molecular formula is C12H19N3O2S. The van der Waals surface area contributed by atoms with E-state index in [2.05, 4.69) is 15.3 Å². The molecule has 2 rings (SSSR count). The van der Waals surface area contributed by atoms with E-state index in [1.807, 2.05) is 13.8 Å². The van der Waals surface area contributed by atoms with Crippen LogP contribution in [0, 0.1) is 0 Å². The third kappa shape index (κ3) is 2.87. The molecule has 1 aliphatic rings. The van der Waals surface area contributed by atoms with E-state index in [0.29, 0.717) is 18.1 Å². The average molecular weight is 269 g/mol. The average Bonchev–Trinajstić information content (AvgIpc) is 2.89. The molecule has 0 aliphatic heterocycles. The second kappa shape index (κ2) is 5.32. The molecule has 0 spiro atoms. The molecule has 0 bridgehead atoms. The molecule has 18 heavy (non-hydrogen) atoms. The van der Waals surface area contributed by atoms with Crippen LogP contribution in [0.15, 0.2) is 17.6 Å². The van der Waals surface area contributed by atoms with Crippen LogP contribution in [-0.2, 0) is 4.79 Å². The largest absolute Gasteiger partial charge is 0.480 e. The van der Waals surface area contributed by atoms with Gasteiger partial charge in [0, 0.05) is 23.7 Å². The third-order valence-corrected chi connectivity index (χ3v) is 4.38. The smallest absolute Gasteiger partial charge is 0.323 e. The first kappa shape index (κ1) is 13.4. The maximum atomic E-state index is 11.5. The van der Waals surface area contributed by atoms with Crippen molar-refractivity contribution < 1.29 is 9.90 Å². The molecular weight excluding hydrogens is 250 g/mol. The van der Waals surface area contributed by atoms with Crippen LogP contribution in [0.4, 0.5) is 0 Å². The molecule has 0 saturated heterocycles. The van der Waals surface area contributed by atoms with Gasteiger partial charge in [-0.3, -0.25) is 10.1 Å². The lowest BCUT2D eigenvalue weighted by Crippen LogP contribution is -2.53. The van der Waals surface area contributed by atoms with Crippen LogP contribution < -0.4 is 5.32 Å². The summed E-state index contributed by atoms with van der Waals surface area (Å²) < 4.78 is 0. The fraction of sp³-hybridized carbons (Fsp3) is 0.667. The number of rotatable bonds is 5. The van der Waals surface area contributed by atoms with Crippen molar-refractivity contribution in [2.24, 2.45) is 0 Å². The van der Waals surface area contributed by atoms with Crippen molar-refractivity contribution in [1.82, 2.24) is 15.3 Å². The Morgan fingerprint density at radius 2 is 2.50 bits per heavy atom. The minimum absolute atomic E-state index is 0.175. The number of carboxylic acid groups (broad SMARTS) is 1. The Bertz CT molecular complexity index is 407. The van der Waals surface area contributed by atoms with Gasteiger partial charge in [0.25, 0.3) is 0 Å². The number of hydrogen-bond acceptors (Lipinski definition) is 4. The second-order valence-corrected chi connectivity index (χ2v) is 6.35.